The Bertz CT molecular complexity index is 601. The first-order valence-electron chi connectivity index (χ1n) is 8.45. The molecule has 0 radical (unpaired) electrons. The van der Waals surface area contributed by atoms with E-state index in [-0.39, 0.29) is 0 Å². The maximum atomic E-state index is 9.83. The van der Waals surface area contributed by atoms with Gasteiger partial charge in [-0.3, -0.25) is 4.90 Å². The number of aromatic nitrogens is 1. The van der Waals surface area contributed by atoms with Crippen molar-refractivity contribution in [3.63, 3.8) is 0 Å². The second-order valence-electron chi connectivity index (χ2n) is 7.13. The van der Waals surface area contributed by atoms with Crippen molar-refractivity contribution in [3.05, 3.63) is 52.0 Å². The maximum Gasteiger partial charge on any atom is 0.110 e. The Morgan fingerprint density at radius 1 is 1.26 bits per heavy atom. The zero-order valence-electron chi connectivity index (χ0n) is 14.0. The van der Waals surface area contributed by atoms with E-state index >= 15 is 0 Å². The molecule has 2 aromatic rings. The van der Waals surface area contributed by atoms with Gasteiger partial charge in [0.05, 0.1) is 11.6 Å². The Morgan fingerprint density at radius 3 is 2.65 bits per heavy atom. The van der Waals surface area contributed by atoms with Crippen LogP contribution in [0.5, 0.6) is 0 Å². The van der Waals surface area contributed by atoms with Gasteiger partial charge >= 0.3 is 0 Å². The van der Waals surface area contributed by atoms with Gasteiger partial charge < -0.3 is 5.11 Å². The van der Waals surface area contributed by atoms with Gasteiger partial charge in [0, 0.05) is 18.1 Å². The molecule has 0 aliphatic carbocycles. The van der Waals surface area contributed by atoms with Crippen molar-refractivity contribution in [2.75, 3.05) is 6.54 Å². The van der Waals surface area contributed by atoms with Crippen LogP contribution in [0.4, 0.5) is 0 Å². The van der Waals surface area contributed by atoms with E-state index in [1.165, 1.54) is 29.0 Å². The molecule has 2 heterocycles. The first kappa shape index (κ1) is 16.6. The molecular formula is C19H26N2OS. The number of benzene rings is 1. The average Bonchev–Trinajstić information content (AvgIpc) is 3.16. The Labute approximate surface area is 143 Å². The standard InChI is InChI=1S/C19H26N2OS/c1-19(2,22)10-9-15-5-7-16(8-6-15)14-21-12-3-4-17(21)18-20-11-13-23-18/h5-8,11,13,17,22H,3-4,9-10,12,14H2,1-2H3/t17-/m0/s1. The van der Waals surface area contributed by atoms with Crippen molar-refractivity contribution >= 4 is 11.3 Å². The molecule has 3 nitrogen and oxygen atoms in total. The Morgan fingerprint density at radius 2 is 2.00 bits per heavy atom. The van der Waals surface area contributed by atoms with Crippen LogP contribution in [0.2, 0.25) is 0 Å². The van der Waals surface area contributed by atoms with Crippen molar-refractivity contribution in [3.8, 4) is 0 Å². The van der Waals surface area contributed by atoms with Crippen molar-refractivity contribution in [2.45, 2.75) is 57.7 Å². The van der Waals surface area contributed by atoms with Gasteiger partial charge in [0.1, 0.15) is 5.01 Å². The number of hydrogen-bond donors (Lipinski definition) is 1. The Hall–Kier alpha value is -1.23. The fourth-order valence-corrected chi connectivity index (χ4v) is 4.00. The van der Waals surface area contributed by atoms with Crippen LogP contribution < -0.4 is 0 Å². The normalized spacial score (nSPS) is 19.3. The molecule has 3 rings (SSSR count). The molecule has 0 amide bonds. The first-order valence-corrected chi connectivity index (χ1v) is 9.33. The van der Waals surface area contributed by atoms with Crippen molar-refractivity contribution < 1.29 is 5.11 Å². The largest absolute Gasteiger partial charge is 0.390 e. The summed E-state index contributed by atoms with van der Waals surface area (Å²) in [6, 6.07) is 9.36. The lowest BCUT2D eigenvalue weighted by atomic mass is 9.98. The van der Waals surface area contributed by atoms with E-state index in [2.05, 4.69) is 39.5 Å². The zero-order chi connectivity index (χ0) is 16.3. The molecule has 1 aliphatic rings. The summed E-state index contributed by atoms with van der Waals surface area (Å²) < 4.78 is 0. The highest BCUT2D eigenvalue weighted by Gasteiger charge is 2.27. The monoisotopic (exact) mass is 330 g/mol. The van der Waals surface area contributed by atoms with Gasteiger partial charge in [-0.25, -0.2) is 4.98 Å². The van der Waals surface area contributed by atoms with Crippen LogP contribution in [0.15, 0.2) is 35.8 Å². The summed E-state index contributed by atoms with van der Waals surface area (Å²) in [5.41, 5.74) is 2.07. The summed E-state index contributed by atoms with van der Waals surface area (Å²) in [6.07, 6.45) is 6.11. The number of rotatable bonds is 6. The van der Waals surface area contributed by atoms with Crippen molar-refractivity contribution in [1.82, 2.24) is 9.88 Å². The molecule has 1 aromatic heterocycles. The third-order valence-corrected chi connectivity index (χ3v) is 5.41. The van der Waals surface area contributed by atoms with Crippen LogP contribution in [0.25, 0.3) is 0 Å². The molecule has 4 heteroatoms. The maximum absolute atomic E-state index is 9.83. The second-order valence-corrected chi connectivity index (χ2v) is 8.05. The van der Waals surface area contributed by atoms with Gasteiger partial charge in [-0.05, 0) is 57.2 Å². The summed E-state index contributed by atoms with van der Waals surface area (Å²) in [5.74, 6) is 0. The zero-order valence-corrected chi connectivity index (χ0v) is 14.9. The molecule has 23 heavy (non-hydrogen) atoms. The van der Waals surface area contributed by atoms with Gasteiger partial charge in [0.15, 0.2) is 0 Å². The molecular weight excluding hydrogens is 304 g/mol. The summed E-state index contributed by atoms with van der Waals surface area (Å²) in [5, 5.41) is 13.2. The smallest absolute Gasteiger partial charge is 0.110 e. The number of nitrogens with zero attached hydrogens (tertiary/aromatic N) is 2. The highest BCUT2D eigenvalue weighted by Crippen LogP contribution is 2.34. The van der Waals surface area contributed by atoms with E-state index in [0.29, 0.717) is 6.04 Å². The number of aliphatic hydroxyl groups is 1. The molecule has 1 fully saturated rings. The Balaban J connectivity index is 1.59. The predicted molar refractivity (Wildman–Crippen MR) is 95.6 cm³/mol. The number of aryl methyl sites for hydroxylation is 1. The number of hydrogen-bond acceptors (Lipinski definition) is 4. The van der Waals surface area contributed by atoms with E-state index in [0.717, 1.165) is 25.9 Å². The predicted octanol–water partition coefficient (Wildman–Crippen LogP) is 4.18. The minimum absolute atomic E-state index is 0.491. The molecule has 1 N–H and O–H groups in total. The van der Waals surface area contributed by atoms with Gasteiger partial charge in [-0.1, -0.05) is 24.3 Å². The van der Waals surface area contributed by atoms with Crippen LogP contribution in [0.3, 0.4) is 0 Å². The molecule has 1 aromatic carbocycles. The van der Waals surface area contributed by atoms with Gasteiger partial charge in [0.2, 0.25) is 0 Å². The summed E-state index contributed by atoms with van der Waals surface area (Å²) in [6.45, 7) is 5.89. The molecule has 0 bridgehead atoms. The van der Waals surface area contributed by atoms with E-state index in [4.69, 9.17) is 0 Å². The third kappa shape index (κ3) is 4.63. The fraction of sp³-hybridized carbons (Fsp3) is 0.526. The van der Waals surface area contributed by atoms with Crippen LogP contribution in [0.1, 0.15) is 55.3 Å². The molecule has 0 saturated carbocycles. The van der Waals surface area contributed by atoms with Gasteiger partial charge in [-0.15, -0.1) is 11.3 Å². The summed E-state index contributed by atoms with van der Waals surface area (Å²) in [7, 11) is 0. The third-order valence-electron chi connectivity index (χ3n) is 4.53. The highest BCUT2D eigenvalue weighted by molar-refractivity contribution is 7.09. The van der Waals surface area contributed by atoms with Crippen molar-refractivity contribution in [2.24, 2.45) is 0 Å². The first-order chi connectivity index (χ1) is 11.0. The highest BCUT2D eigenvalue weighted by atomic mass is 32.1. The lowest BCUT2D eigenvalue weighted by Gasteiger charge is -2.23. The minimum Gasteiger partial charge on any atom is -0.390 e. The molecule has 1 atom stereocenters. The van der Waals surface area contributed by atoms with E-state index < -0.39 is 5.60 Å². The fourth-order valence-electron chi connectivity index (χ4n) is 3.19. The van der Waals surface area contributed by atoms with E-state index in [9.17, 15) is 5.11 Å². The second kappa shape index (κ2) is 7.12. The van der Waals surface area contributed by atoms with Crippen LogP contribution in [-0.2, 0) is 13.0 Å². The topological polar surface area (TPSA) is 36.4 Å². The summed E-state index contributed by atoms with van der Waals surface area (Å²) in [4.78, 5) is 7.05. The number of likely N-dealkylation sites (tertiary alicyclic amines) is 1. The van der Waals surface area contributed by atoms with Gasteiger partial charge in [0.25, 0.3) is 0 Å². The molecule has 1 saturated heterocycles. The molecule has 0 unspecified atom stereocenters. The van der Waals surface area contributed by atoms with Crippen LogP contribution in [-0.4, -0.2) is 27.1 Å². The number of thiazole rings is 1. The lowest BCUT2D eigenvalue weighted by molar-refractivity contribution is 0.0714. The van der Waals surface area contributed by atoms with Crippen molar-refractivity contribution in [1.29, 1.82) is 0 Å². The van der Waals surface area contributed by atoms with E-state index in [1.807, 2.05) is 20.0 Å². The lowest BCUT2D eigenvalue weighted by Crippen LogP contribution is -2.22. The summed E-state index contributed by atoms with van der Waals surface area (Å²) >= 11 is 1.77. The van der Waals surface area contributed by atoms with Gasteiger partial charge in [-0.2, -0.15) is 0 Å². The molecule has 124 valence electrons. The SMILES string of the molecule is CC(C)(O)CCc1ccc(CN2CCC[C@H]2c2nccs2)cc1. The average molecular weight is 330 g/mol. The van der Waals surface area contributed by atoms with E-state index in [1.54, 1.807) is 11.3 Å². The molecule has 1 aliphatic heterocycles. The Kier molecular flexibility index (Phi) is 5.14. The van der Waals surface area contributed by atoms with Crippen LogP contribution in [0, 0.1) is 0 Å². The van der Waals surface area contributed by atoms with Crippen LogP contribution >= 0.6 is 11.3 Å². The quantitative estimate of drug-likeness (QED) is 0.863. The molecule has 0 spiro atoms. The minimum atomic E-state index is -0.588.